The first-order valence-corrected chi connectivity index (χ1v) is 6.47. The smallest absolute Gasteiger partial charge is 0.0738 e. The van der Waals surface area contributed by atoms with Gasteiger partial charge in [-0.1, -0.05) is 27.5 Å². The Bertz CT molecular complexity index is 381. The minimum absolute atomic E-state index is 0.178. The van der Waals surface area contributed by atoms with E-state index < -0.39 is 0 Å². The van der Waals surface area contributed by atoms with E-state index in [1.807, 2.05) is 6.07 Å². The molecule has 1 aliphatic rings. The van der Waals surface area contributed by atoms with Crippen molar-refractivity contribution < 1.29 is 4.74 Å². The van der Waals surface area contributed by atoms with Gasteiger partial charge in [-0.3, -0.25) is 0 Å². The van der Waals surface area contributed by atoms with Crippen LogP contribution in [0.3, 0.4) is 0 Å². The summed E-state index contributed by atoms with van der Waals surface area (Å²) in [7, 11) is 1.67. The number of hydrogen-bond donors (Lipinski definition) is 1. The lowest BCUT2D eigenvalue weighted by Crippen LogP contribution is -2.19. The van der Waals surface area contributed by atoms with Crippen molar-refractivity contribution in [3.8, 4) is 0 Å². The van der Waals surface area contributed by atoms with Crippen molar-refractivity contribution in [3.63, 3.8) is 0 Å². The van der Waals surface area contributed by atoms with Gasteiger partial charge in [0, 0.05) is 34.1 Å². The molecule has 0 aromatic heterocycles. The first-order valence-electron chi connectivity index (χ1n) is 5.30. The molecule has 0 heterocycles. The van der Waals surface area contributed by atoms with E-state index in [0.29, 0.717) is 13.2 Å². The Morgan fingerprint density at radius 2 is 2.19 bits per heavy atom. The summed E-state index contributed by atoms with van der Waals surface area (Å²) in [6.07, 6.45) is 2.33. The van der Waals surface area contributed by atoms with Gasteiger partial charge >= 0.3 is 0 Å². The molecule has 1 saturated carbocycles. The van der Waals surface area contributed by atoms with Gasteiger partial charge in [0.1, 0.15) is 0 Å². The summed E-state index contributed by atoms with van der Waals surface area (Å²) in [4.78, 5) is 0. The Hall–Kier alpha value is -0.0900. The minimum atomic E-state index is 0.178. The molecule has 2 rings (SSSR count). The van der Waals surface area contributed by atoms with Crippen LogP contribution in [0.15, 0.2) is 16.6 Å². The monoisotopic (exact) mass is 303 g/mol. The molecule has 0 radical (unpaired) electrons. The van der Waals surface area contributed by atoms with E-state index in [1.165, 1.54) is 5.56 Å². The van der Waals surface area contributed by atoms with Crippen LogP contribution in [0.1, 0.15) is 24.0 Å². The van der Waals surface area contributed by atoms with Gasteiger partial charge in [0.2, 0.25) is 0 Å². The first kappa shape index (κ1) is 12.4. The second-order valence-electron chi connectivity index (χ2n) is 4.34. The van der Waals surface area contributed by atoms with Crippen molar-refractivity contribution in [2.45, 2.75) is 24.9 Å². The van der Waals surface area contributed by atoms with Crippen molar-refractivity contribution in [2.24, 2.45) is 5.73 Å². The number of rotatable bonds is 4. The van der Waals surface area contributed by atoms with Crippen molar-refractivity contribution in [1.29, 1.82) is 0 Å². The number of benzene rings is 1. The highest BCUT2D eigenvalue weighted by Gasteiger charge is 2.43. The van der Waals surface area contributed by atoms with Crippen molar-refractivity contribution >= 4 is 27.5 Å². The second kappa shape index (κ2) is 4.65. The molecule has 1 aromatic carbocycles. The maximum atomic E-state index is 6.25. The zero-order valence-electron chi connectivity index (χ0n) is 9.22. The maximum absolute atomic E-state index is 6.25. The predicted octanol–water partition coefficient (Wildman–Crippen LogP) is 3.24. The summed E-state index contributed by atoms with van der Waals surface area (Å²) < 4.78 is 6.13. The Morgan fingerprint density at radius 3 is 2.62 bits per heavy atom. The van der Waals surface area contributed by atoms with Crippen LogP contribution in [0.5, 0.6) is 0 Å². The molecule has 88 valence electrons. The lowest BCUT2D eigenvalue weighted by atomic mass is 9.95. The maximum Gasteiger partial charge on any atom is 0.0738 e. The van der Waals surface area contributed by atoms with Gasteiger partial charge in [-0.05, 0) is 30.5 Å². The number of methoxy groups -OCH3 is 1. The summed E-state index contributed by atoms with van der Waals surface area (Å²) in [6, 6.07) is 4.15. The Morgan fingerprint density at radius 1 is 1.50 bits per heavy atom. The molecule has 0 saturated heterocycles. The van der Waals surface area contributed by atoms with E-state index in [0.717, 1.165) is 27.9 Å². The number of ether oxygens (including phenoxy) is 1. The van der Waals surface area contributed by atoms with Gasteiger partial charge in [0.05, 0.1) is 6.61 Å². The third-order valence-electron chi connectivity index (χ3n) is 3.29. The second-order valence-corrected chi connectivity index (χ2v) is 5.60. The summed E-state index contributed by atoms with van der Waals surface area (Å²) in [5.74, 6) is 0. The van der Waals surface area contributed by atoms with E-state index >= 15 is 0 Å². The van der Waals surface area contributed by atoms with Gasteiger partial charge in [-0.25, -0.2) is 0 Å². The Kier molecular flexibility index (Phi) is 3.59. The molecule has 1 fully saturated rings. The summed E-state index contributed by atoms with van der Waals surface area (Å²) >= 11 is 9.80. The van der Waals surface area contributed by atoms with E-state index in [4.69, 9.17) is 22.1 Å². The SMILES string of the molecule is COCc1c(Cl)cc(C2(CN)CC2)cc1Br. The number of nitrogens with two attached hydrogens (primary N) is 1. The van der Waals surface area contributed by atoms with E-state index in [-0.39, 0.29) is 5.41 Å². The molecular formula is C12H15BrClNO. The molecule has 0 bridgehead atoms. The lowest BCUT2D eigenvalue weighted by Gasteiger charge is -2.16. The molecular weight excluding hydrogens is 289 g/mol. The third-order valence-corrected chi connectivity index (χ3v) is 4.33. The van der Waals surface area contributed by atoms with Gasteiger partial charge in [-0.15, -0.1) is 0 Å². The topological polar surface area (TPSA) is 35.2 Å². The van der Waals surface area contributed by atoms with Gasteiger partial charge < -0.3 is 10.5 Å². The summed E-state index contributed by atoms with van der Waals surface area (Å²) in [5, 5.41) is 0.756. The van der Waals surface area contributed by atoms with Crippen LogP contribution in [-0.2, 0) is 16.8 Å². The molecule has 1 aliphatic carbocycles. The minimum Gasteiger partial charge on any atom is -0.380 e. The Balaban J connectivity index is 2.37. The van der Waals surface area contributed by atoms with Crippen LogP contribution in [0.4, 0.5) is 0 Å². The molecule has 0 unspecified atom stereocenters. The number of hydrogen-bond acceptors (Lipinski definition) is 2. The molecule has 16 heavy (non-hydrogen) atoms. The molecule has 4 heteroatoms. The van der Waals surface area contributed by atoms with E-state index in [1.54, 1.807) is 7.11 Å². The predicted molar refractivity (Wildman–Crippen MR) is 69.8 cm³/mol. The molecule has 0 spiro atoms. The molecule has 0 aliphatic heterocycles. The highest BCUT2D eigenvalue weighted by atomic mass is 79.9. The summed E-state index contributed by atoms with van der Waals surface area (Å²) in [6.45, 7) is 1.22. The van der Waals surface area contributed by atoms with Crippen LogP contribution in [0.2, 0.25) is 5.02 Å². The molecule has 2 nitrogen and oxygen atoms in total. The zero-order valence-corrected chi connectivity index (χ0v) is 11.6. The first-order chi connectivity index (χ1) is 7.63. The fourth-order valence-corrected chi connectivity index (χ4v) is 2.92. The van der Waals surface area contributed by atoms with E-state index in [9.17, 15) is 0 Å². The van der Waals surface area contributed by atoms with Crippen LogP contribution >= 0.6 is 27.5 Å². The van der Waals surface area contributed by atoms with Crippen LogP contribution in [0.25, 0.3) is 0 Å². The largest absolute Gasteiger partial charge is 0.380 e. The van der Waals surface area contributed by atoms with Gasteiger partial charge in [-0.2, -0.15) is 0 Å². The van der Waals surface area contributed by atoms with Gasteiger partial charge in [0.15, 0.2) is 0 Å². The van der Waals surface area contributed by atoms with Crippen LogP contribution in [-0.4, -0.2) is 13.7 Å². The molecule has 2 N–H and O–H groups in total. The third kappa shape index (κ3) is 2.14. The molecule has 1 aromatic rings. The Labute approximate surface area is 109 Å². The average molecular weight is 305 g/mol. The standard InChI is InChI=1S/C12H15BrClNO/c1-16-6-9-10(13)4-8(5-11(9)14)12(7-15)2-3-12/h4-5H,2-3,6-7,15H2,1H3. The van der Waals surface area contributed by atoms with Crippen LogP contribution < -0.4 is 5.73 Å². The fraction of sp³-hybridized carbons (Fsp3) is 0.500. The van der Waals surface area contributed by atoms with Crippen molar-refractivity contribution in [2.75, 3.05) is 13.7 Å². The average Bonchev–Trinajstić information content (AvgIpc) is 3.04. The van der Waals surface area contributed by atoms with Crippen molar-refractivity contribution in [3.05, 3.63) is 32.8 Å². The highest BCUT2D eigenvalue weighted by Crippen LogP contribution is 2.48. The normalized spacial score (nSPS) is 17.5. The van der Waals surface area contributed by atoms with Crippen molar-refractivity contribution in [1.82, 2.24) is 0 Å². The molecule has 0 amide bonds. The molecule has 0 atom stereocenters. The van der Waals surface area contributed by atoms with Gasteiger partial charge in [0.25, 0.3) is 0 Å². The van der Waals surface area contributed by atoms with Crippen LogP contribution in [0, 0.1) is 0 Å². The number of halogens is 2. The van der Waals surface area contributed by atoms with E-state index in [2.05, 4.69) is 22.0 Å². The fourth-order valence-electron chi connectivity index (χ4n) is 1.95. The quantitative estimate of drug-likeness (QED) is 0.927. The summed E-state index contributed by atoms with van der Waals surface area (Å²) in [5.41, 5.74) is 8.24. The zero-order chi connectivity index (χ0) is 11.8. The lowest BCUT2D eigenvalue weighted by molar-refractivity contribution is 0.184. The highest BCUT2D eigenvalue weighted by molar-refractivity contribution is 9.10.